The van der Waals surface area contributed by atoms with Crippen LogP contribution in [-0.4, -0.2) is 50.0 Å². The van der Waals surface area contributed by atoms with Crippen LogP contribution in [0, 0.1) is 13.8 Å². The highest BCUT2D eigenvalue weighted by Crippen LogP contribution is 2.22. The molecule has 1 atom stereocenters. The van der Waals surface area contributed by atoms with Gasteiger partial charge in [-0.25, -0.2) is 8.42 Å². The smallest absolute Gasteiger partial charge is 0.243 e. The van der Waals surface area contributed by atoms with Crippen molar-refractivity contribution in [2.45, 2.75) is 84.3 Å². The summed E-state index contributed by atoms with van der Waals surface area (Å²) in [5, 5.41) is 3.16. The Bertz CT molecular complexity index is 1160. The number of aryl methyl sites for hydroxylation is 2. The third kappa shape index (κ3) is 8.32. The zero-order valence-corrected chi connectivity index (χ0v) is 23.4. The molecule has 2 amide bonds. The Balaban J connectivity index is 1.75. The first-order valence-corrected chi connectivity index (χ1v) is 15.1. The maximum atomic E-state index is 13.6. The Hall–Kier alpha value is -2.87. The lowest BCUT2D eigenvalue weighted by Crippen LogP contribution is -2.51. The van der Waals surface area contributed by atoms with Crippen molar-refractivity contribution in [2.75, 3.05) is 17.1 Å². The van der Waals surface area contributed by atoms with Crippen molar-refractivity contribution in [3.8, 4) is 0 Å². The van der Waals surface area contributed by atoms with E-state index < -0.39 is 16.1 Å². The Morgan fingerprint density at radius 3 is 2.30 bits per heavy atom. The molecular formula is C29H41N3O4S. The summed E-state index contributed by atoms with van der Waals surface area (Å²) >= 11 is 0. The van der Waals surface area contributed by atoms with Gasteiger partial charge in [0.1, 0.15) is 6.04 Å². The van der Waals surface area contributed by atoms with Crippen molar-refractivity contribution in [1.82, 2.24) is 10.2 Å². The normalized spacial score (nSPS) is 14.8. The number of hydrogen-bond donors (Lipinski definition) is 1. The number of rotatable bonds is 12. The second-order valence-corrected chi connectivity index (χ2v) is 12.1. The standard InChI is InChI=1S/C29H41N3O4S/c1-5-27(29(34)30-25-12-6-7-13-25)31(21-24-11-8-10-23(3)20-24)28(33)14-9-19-32(37(4,35)36)26-17-15-22(2)16-18-26/h8,10-11,15-18,20,25,27H,5-7,9,12-14,19,21H2,1-4H3,(H,30,34). The molecule has 0 aromatic heterocycles. The van der Waals surface area contributed by atoms with Gasteiger partial charge in [-0.15, -0.1) is 0 Å². The molecule has 2 aromatic rings. The Kier molecular flexibility index (Phi) is 10.1. The van der Waals surface area contributed by atoms with Crippen LogP contribution < -0.4 is 9.62 Å². The highest BCUT2D eigenvalue weighted by atomic mass is 32.2. The highest BCUT2D eigenvalue weighted by Gasteiger charge is 2.30. The molecule has 0 saturated heterocycles. The van der Waals surface area contributed by atoms with Gasteiger partial charge in [0, 0.05) is 25.6 Å². The van der Waals surface area contributed by atoms with Gasteiger partial charge < -0.3 is 10.2 Å². The first-order valence-electron chi connectivity index (χ1n) is 13.3. The second-order valence-electron chi connectivity index (χ2n) is 10.2. The first-order chi connectivity index (χ1) is 17.6. The number of hydrogen-bond acceptors (Lipinski definition) is 4. The minimum atomic E-state index is -3.51. The van der Waals surface area contributed by atoms with Gasteiger partial charge in [0.25, 0.3) is 0 Å². The molecule has 0 spiro atoms. The van der Waals surface area contributed by atoms with Crippen LogP contribution in [0.2, 0.25) is 0 Å². The lowest BCUT2D eigenvalue weighted by molar-refractivity contribution is -0.141. The van der Waals surface area contributed by atoms with E-state index >= 15 is 0 Å². The van der Waals surface area contributed by atoms with Gasteiger partial charge in [-0.3, -0.25) is 13.9 Å². The molecule has 1 aliphatic rings. The molecule has 0 aliphatic heterocycles. The van der Waals surface area contributed by atoms with Crippen molar-refractivity contribution >= 4 is 27.5 Å². The molecule has 1 saturated carbocycles. The lowest BCUT2D eigenvalue weighted by atomic mass is 10.1. The van der Waals surface area contributed by atoms with Gasteiger partial charge in [-0.2, -0.15) is 0 Å². The number of carbonyl (C=O) groups excluding carboxylic acids is 2. The summed E-state index contributed by atoms with van der Waals surface area (Å²) in [6, 6.07) is 14.9. The van der Waals surface area contributed by atoms with E-state index in [9.17, 15) is 18.0 Å². The molecule has 3 rings (SSSR count). The average molecular weight is 528 g/mol. The molecule has 8 heteroatoms. The van der Waals surface area contributed by atoms with Crippen LogP contribution in [0.5, 0.6) is 0 Å². The van der Waals surface area contributed by atoms with Gasteiger partial charge in [0.15, 0.2) is 0 Å². The first kappa shape index (κ1) is 28.7. The summed E-state index contributed by atoms with van der Waals surface area (Å²) in [6.07, 6.45) is 6.38. The number of carbonyl (C=O) groups is 2. The monoisotopic (exact) mass is 527 g/mol. The molecule has 1 fully saturated rings. The number of sulfonamides is 1. The summed E-state index contributed by atoms with van der Waals surface area (Å²) in [4.78, 5) is 28.5. The molecule has 37 heavy (non-hydrogen) atoms. The van der Waals surface area contributed by atoms with Crippen molar-refractivity contribution in [2.24, 2.45) is 0 Å². The van der Waals surface area contributed by atoms with E-state index in [4.69, 9.17) is 0 Å². The fourth-order valence-corrected chi connectivity index (χ4v) is 5.97. The molecule has 1 N–H and O–H groups in total. The van der Waals surface area contributed by atoms with E-state index in [1.54, 1.807) is 17.0 Å². The van der Waals surface area contributed by atoms with Crippen LogP contribution in [0.4, 0.5) is 5.69 Å². The highest BCUT2D eigenvalue weighted by molar-refractivity contribution is 7.92. The van der Waals surface area contributed by atoms with E-state index in [0.717, 1.165) is 42.4 Å². The summed E-state index contributed by atoms with van der Waals surface area (Å²) in [5.41, 5.74) is 3.69. The fraction of sp³-hybridized carbons (Fsp3) is 0.517. The molecule has 0 bridgehead atoms. The molecule has 2 aromatic carbocycles. The van der Waals surface area contributed by atoms with Crippen LogP contribution in [0.3, 0.4) is 0 Å². The van der Waals surface area contributed by atoms with Crippen LogP contribution in [0.15, 0.2) is 48.5 Å². The topological polar surface area (TPSA) is 86.8 Å². The van der Waals surface area contributed by atoms with E-state index in [0.29, 0.717) is 25.1 Å². The number of nitrogens with zero attached hydrogens (tertiary/aromatic N) is 2. The minimum absolute atomic E-state index is 0.104. The minimum Gasteiger partial charge on any atom is -0.352 e. The number of benzene rings is 2. The number of nitrogens with one attached hydrogen (secondary N) is 1. The average Bonchev–Trinajstić information content (AvgIpc) is 3.34. The molecule has 202 valence electrons. The van der Waals surface area contributed by atoms with E-state index in [1.807, 2.05) is 57.2 Å². The summed E-state index contributed by atoms with van der Waals surface area (Å²) in [5.74, 6) is -0.250. The Labute approximate surface area is 222 Å². The maximum absolute atomic E-state index is 13.6. The molecule has 7 nitrogen and oxygen atoms in total. The predicted octanol–water partition coefficient (Wildman–Crippen LogP) is 4.72. The third-order valence-electron chi connectivity index (χ3n) is 7.00. The van der Waals surface area contributed by atoms with Gasteiger partial charge >= 0.3 is 0 Å². The number of anilines is 1. The van der Waals surface area contributed by atoms with Crippen molar-refractivity contribution in [1.29, 1.82) is 0 Å². The van der Waals surface area contributed by atoms with E-state index in [-0.39, 0.29) is 30.8 Å². The summed E-state index contributed by atoms with van der Waals surface area (Å²) in [7, 11) is -3.51. The molecule has 0 radical (unpaired) electrons. The largest absolute Gasteiger partial charge is 0.352 e. The lowest BCUT2D eigenvalue weighted by Gasteiger charge is -2.32. The fourth-order valence-electron chi connectivity index (χ4n) is 5.01. The number of amides is 2. The summed E-state index contributed by atoms with van der Waals surface area (Å²) in [6.45, 7) is 6.41. The van der Waals surface area contributed by atoms with Crippen molar-refractivity contribution in [3.63, 3.8) is 0 Å². The van der Waals surface area contributed by atoms with Crippen LogP contribution in [0.25, 0.3) is 0 Å². The van der Waals surface area contributed by atoms with Gasteiger partial charge in [-0.05, 0) is 57.2 Å². The van der Waals surface area contributed by atoms with Crippen molar-refractivity contribution < 1.29 is 18.0 Å². The Morgan fingerprint density at radius 1 is 1.03 bits per heavy atom. The molecule has 1 unspecified atom stereocenters. The zero-order valence-electron chi connectivity index (χ0n) is 22.6. The third-order valence-corrected chi connectivity index (χ3v) is 8.19. The maximum Gasteiger partial charge on any atom is 0.243 e. The van der Waals surface area contributed by atoms with Crippen molar-refractivity contribution in [3.05, 3.63) is 65.2 Å². The van der Waals surface area contributed by atoms with Gasteiger partial charge in [0.05, 0.1) is 11.9 Å². The van der Waals surface area contributed by atoms with E-state index in [1.165, 1.54) is 10.6 Å². The van der Waals surface area contributed by atoms with Gasteiger partial charge in [0.2, 0.25) is 21.8 Å². The van der Waals surface area contributed by atoms with Crippen LogP contribution in [0.1, 0.15) is 68.6 Å². The van der Waals surface area contributed by atoms with Crippen LogP contribution >= 0.6 is 0 Å². The molecule has 1 aliphatic carbocycles. The molecule has 0 heterocycles. The molecular weight excluding hydrogens is 486 g/mol. The summed E-state index contributed by atoms with van der Waals surface area (Å²) < 4.78 is 26.3. The second kappa shape index (κ2) is 13.1. The zero-order chi connectivity index (χ0) is 27.0. The van der Waals surface area contributed by atoms with Gasteiger partial charge in [-0.1, -0.05) is 67.3 Å². The quantitative estimate of drug-likeness (QED) is 0.433. The van der Waals surface area contributed by atoms with Crippen LogP contribution in [-0.2, 0) is 26.2 Å². The SMILES string of the molecule is CCC(C(=O)NC1CCCC1)N(Cc1cccc(C)c1)C(=O)CCCN(c1ccc(C)cc1)S(C)(=O)=O. The Morgan fingerprint density at radius 2 is 1.70 bits per heavy atom. The van der Waals surface area contributed by atoms with E-state index in [2.05, 4.69) is 5.32 Å². The predicted molar refractivity (Wildman–Crippen MR) is 149 cm³/mol.